The van der Waals surface area contributed by atoms with Gasteiger partial charge in [-0.25, -0.2) is 8.42 Å². The first kappa shape index (κ1) is 22.8. The summed E-state index contributed by atoms with van der Waals surface area (Å²) < 4.78 is 27.4. The standard InChI is InChI=1S/C21H35N3O3S/c1-5-7-18(4)22-21(25)16-23-12-14-24(15-13-23)28(26,27)20-10-8-19(9-11-20)17(3)6-2/h8-11,17-18H,5-7,12-16H2,1-4H3,(H,22,25)/t17-,18+/m1/s1. The Hall–Kier alpha value is -1.44. The number of hydrogen-bond donors (Lipinski definition) is 1. The van der Waals surface area contributed by atoms with Crippen molar-refractivity contribution in [2.45, 2.75) is 63.8 Å². The van der Waals surface area contributed by atoms with E-state index in [2.05, 4.69) is 26.1 Å². The van der Waals surface area contributed by atoms with E-state index in [0.29, 0.717) is 43.5 Å². The van der Waals surface area contributed by atoms with Crippen LogP contribution in [0.15, 0.2) is 29.2 Å². The molecule has 1 aromatic carbocycles. The summed E-state index contributed by atoms with van der Waals surface area (Å²) in [7, 11) is -3.48. The van der Waals surface area contributed by atoms with Crippen LogP contribution < -0.4 is 5.32 Å². The third-order valence-corrected chi connectivity index (χ3v) is 7.44. The van der Waals surface area contributed by atoms with E-state index in [1.165, 1.54) is 4.31 Å². The minimum atomic E-state index is -3.48. The summed E-state index contributed by atoms with van der Waals surface area (Å²) in [5, 5.41) is 3.00. The van der Waals surface area contributed by atoms with Crippen molar-refractivity contribution in [3.05, 3.63) is 29.8 Å². The summed E-state index contributed by atoms with van der Waals surface area (Å²) in [4.78, 5) is 14.5. The van der Waals surface area contributed by atoms with E-state index in [0.717, 1.165) is 24.8 Å². The van der Waals surface area contributed by atoms with Crippen LogP contribution in [-0.2, 0) is 14.8 Å². The molecule has 2 rings (SSSR count). The molecule has 0 spiro atoms. The van der Waals surface area contributed by atoms with Crippen LogP contribution in [0.2, 0.25) is 0 Å². The predicted octanol–water partition coefficient (Wildman–Crippen LogP) is 2.81. The third-order valence-electron chi connectivity index (χ3n) is 5.53. The van der Waals surface area contributed by atoms with Crippen LogP contribution in [0.4, 0.5) is 0 Å². The average Bonchev–Trinajstić information content (AvgIpc) is 2.68. The number of nitrogens with one attached hydrogen (secondary N) is 1. The van der Waals surface area contributed by atoms with Gasteiger partial charge in [0.15, 0.2) is 0 Å². The van der Waals surface area contributed by atoms with E-state index in [9.17, 15) is 13.2 Å². The molecule has 0 saturated carbocycles. The van der Waals surface area contributed by atoms with Crippen LogP contribution in [0.5, 0.6) is 0 Å². The maximum atomic E-state index is 12.9. The van der Waals surface area contributed by atoms with Gasteiger partial charge < -0.3 is 5.32 Å². The summed E-state index contributed by atoms with van der Waals surface area (Å²) in [5.74, 6) is 0.435. The molecule has 2 atom stereocenters. The zero-order chi connectivity index (χ0) is 20.7. The molecule has 0 aromatic heterocycles. The smallest absolute Gasteiger partial charge is 0.243 e. The van der Waals surface area contributed by atoms with Crippen molar-refractivity contribution in [1.82, 2.24) is 14.5 Å². The Morgan fingerprint density at radius 2 is 1.68 bits per heavy atom. The van der Waals surface area contributed by atoms with Gasteiger partial charge in [-0.15, -0.1) is 0 Å². The molecule has 0 radical (unpaired) electrons. The fourth-order valence-electron chi connectivity index (χ4n) is 3.51. The Morgan fingerprint density at radius 1 is 1.07 bits per heavy atom. The van der Waals surface area contributed by atoms with Crippen molar-refractivity contribution in [2.24, 2.45) is 0 Å². The van der Waals surface area contributed by atoms with Crippen LogP contribution in [-0.4, -0.2) is 62.3 Å². The third kappa shape index (κ3) is 6.03. The van der Waals surface area contributed by atoms with Gasteiger partial charge >= 0.3 is 0 Å². The molecule has 1 amide bonds. The summed E-state index contributed by atoms with van der Waals surface area (Å²) >= 11 is 0. The summed E-state index contributed by atoms with van der Waals surface area (Å²) in [6.07, 6.45) is 3.03. The normalized spacial score (nSPS) is 18.6. The topological polar surface area (TPSA) is 69.7 Å². The van der Waals surface area contributed by atoms with Crippen molar-refractivity contribution >= 4 is 15.9 Å². The SMILES string of the molecule is CCC[C@H](C)NC(=O)CN1CCN(S(=O)(=O)c2ccc([C@H](C)CC)cc2)CC1. The summed E-state index contributed by atoms with van der Waals surface area (Å²) in [6, 6.07) is 7.44. The molecular formula is C21H35N3O3S. The van der Waals surface area contributed by atoms with Gasteiger partial charge in [-0.1, -0.05) is 39.3 Å². The van der Waals surface area contributed by atoms with Gasteiger partial charge in [-0.3, -0.25) is 9.69 Å². The zero-order valence-corrected chi connectivity index (χ0v) is 18.5. The van der Waals surface area contributed by atoms with E-state index in [1.54, 1.807) is 12.1 Å². The number of nitrogens with zero attached hydrogens (tertiary/aromatic N) is 2. The Kier molecular flexibility index (Phi) is 8.46. The van der Waals surface area contributed by atoms with Crippen LogP contribution in [0.25, 0.3) is 0 Å². The molecule has 7 heteroatoms. The maximum Gasteiger partial charge on any atom is 0.243 e. The van der Waals surface area contributed by atoms with Crippen LogP contribution in [0.1, 0.15) is 58.4 Å². The molecule has 0 aliphatic carbocycles. The number of rotatable bonds is 9. The molecule has 1 aliphatic heterocycles. The Bertz CT molecular complexity index is 726. The first-order valence-corrected chi connectivity index (χ1v) is 11.8. The number of hydrogen-bond acceptors (Lipinski definition) is 4. The highest BCUT2D eigenvalue weighted by molar-refractivity contribution is 7.89. The quantitative estimate of drug-likeness (QED) is 0.681. The van der Waals surface area contributed by atoms with Gasteiger partial charge in [0.05, 0.1) is 11.4 Å². The molecule has 0 unspecified atom stereocenters. The molecule has 28 heavy (non-hydrogen) atoms. The van der Waals surface area contributed by atoms with Gasteiger partial charge in [-0.2, -0.15) is 4.31 Å². The fourth-order valence-corrected chi connectivity index (χ4v) is 4.93. The van der Waals surface area contributed by atoms with Crippen molar-refractivity contribution in [2.75, 3.05) is 32.7 Å². The van der Waals surface area contributed by atoms with Gasteiger partial charge in [-0.05, 0) is 43.4 Å². The van der Waals surface area contributed by atoms with Gasteiger partial charge in [0.1, 0.15) is 0 Å². The Morgan fingerprint density at radius 3 is 2.21 bits per heavy atom. The molecule has 158 valence electrons. The lowest BCUT2D eigenvalue weighted by Crippen LogP contribution is -2.51. The molecule has 1 aliphatic rings. The lowest BCUT2D eigenvalue weighted by Gasteiger charge is -2.33. The Labute approximate surface area is 170 Å². The van der Waals surface area contributed by atoms with Crippen LogP contribution in [0, 0.1) is 0 Å². The molecule has 1 aromatic rings. The molecule has 1 heterocycles. The van der Waals surface area contributed by atoms with E-state index in [-0.39, 0.29) is 11.9 Å². The molecule has 0 bridgehead atoms. The number of amides is 1. The van der Waals surface area contributed by atoms with Crippen LogP contribution >= 0.6 is 0 Å². The first-order chi connectivity index (χ1) is 13.3. The van der Waals surface area contributed by atoms with Gasteiger partial charge in [0.25, 0.3) is 0 Å². The number of piperazine rings is 1. The molecule has 1 N–H and O–H groups in total. The van der Waals surface area contributed by atoms with Crippen LogP contribution in [0.3, 0.4) is 0 Å². The second-order valence-electron chi connectivity index (χ2n) is 7.82. The van der Waals surface area contributed by atoms with Gasteiger partial charge in [0, 0.05) is 32.2 Å². The fraction of sp³-hybridized carbons (Fsp3) is 0.667. The number of benzene rings is 1. The largest absolute Gasteiger partial charge is 0.353 e. The predicted molar refractivity (Wildman–Crippen MR) is 113 cm³/mol. The second kappa shape index (κ2) is 10.4. The monoisotopic (exact) mass is 409 g/mol. The minimum absolute atomic E-state index is 0.0119. The Balaban J connectivity index is 1.90. The molecule has 6 nitrogen and oxygen atoms in total. The average molecular weight is 410 g/mol. The highest BCUT2D eigenvalue weighted by Gasteiger charge is 2.29. The summed E-state index contributed by atoms with van der Waals surface area (Å²) in [5.41, 5.74) is 1.16. The van der Waals surface area contributed by atoms with E-state index < -0.39 is 10.0 Å². The molecular weight excluding hydrogens is 374 g/mol. The number of sulfonamides is 1. The molecule has 1 fully saturated rings. The van der Waals surface area contributed by atoms with Crippen molar-refractivity contribution in [1.29, 1.82) is 0 Å². The highest BCUT2D eigenvalue weighted by atomic mass is 32.2. The number of carbonyl (C=O) groups is 1. The molecule has 1 saturated heterocycles. The zero-order valence-electron chi connectivity index (χ0n) is 17.6. The minimum Gasteiger partial charge on any atom is -0.353 e. The first-order valence-electron chi connectivity index (χ1n) is 10.4. The van der Waals surface area contributed by atoms with E-state index in [4.69, 9.17) is 0 Å². The van der Waals surface area contributed by atoms with Crippen molar-refractivity contribution in [3.8, 4) is 0 Å². The number of carbonyl (C=O) groups excluding carboxylic acids is 1. The lowest BCUT2D eigenvalue weighted by molar-refractivity contribution is -0.123. The van der Waals surface area contributed by atoms with E-state index in [1.807, 2.05) is 24.0 Å². The van der Waals surface area contributed by atoms with Crippen molar-refractivity contribution < 1.29 is 13.2 Å². The van der Waals surface area contributed by atoms with Gasteiger partial charge in [0.2, 0.25) is 15.9 Å². The lowest BCUT2D eigenvalue weighted by atomic mass is 9.99. The van der Waals surface area contributed by atoms with Crippen molar-refractivity contribution in [3.63, 3.8) is 0 Å². The summed E-state index contributed by atoms with van der Waals surface area (Å²) in [6.45, 7) is 10.7. The maximum absolute atomic E-state index is 12.9. The highest BCUT2D eigenvalue weighted by Crippen LogP contribution is 2.23. The second-order valence-corrected chi connectivity index (χ2v) is 9.75. The van der Waals surface area contributed by atoms with E-state index >= 15 is 0 Å².